The second kappa shape index (κ2) is 9.30. The van der Waals surface area contributed by atoms with Gasteiger partial charge in [-0.05, 0) is 36.5 Å². The normalized spacial score (nSPS) is 15.2. The summed E-state index contributed by atoms with van der Waals surface area (Å²) >= 11 is 1.28. The molecule has 3 rings (SSSR count). The highest BCUT2D eigenvalue weighted by molar-refractivity contribution is 8.04. The van der Waals surface area contributed by atoms with Gasteiger partial charge in [-0.15, -0.1) is 0 Å². The fourth-order valence-corrected chi connectivity index (χ4v) is 4.34. The molecule has 0 radical (unpaired) electrons. The SMILES string of the molecule is Cc1ccccc1C(=O)/C=C1\SCC(=O)N1CC(=O)Nc1c(C)cccc1C(C)C. The van der Waals surface area contributed by atoms with Crippen LogP contribution in [0.1, 0.15) is 46.8 Å². The zero-order valence-electron chi connectivity index (χ0n) is 17.7. The number of aryl methyl sites for hydroxylation is 2. The number of amides is 2. The van der Waals surface area contributed by atoms with Crippen LogP contribution in [0.2, 0.25) is 0 Å². The summed E-state index contributed by atoms with van der Waals surface area (Å²) in [5.74, 6) is -0.144. The van der Waals surface area contributed by atoms with E-state index in [9.17, 15) is 14.4 Å². The smallest absolute Gasteiger partial charge is 0.244 e. The van der Waals surface area contributed by atoms with Crippen LogP contribution in [0.4, 0.5) is 5.69 Å². The van der Waals surface area contributed by atoms with Crippen molar-refractivity contribution in [3.05, 3.63) is 75.8 Å². The largest absolute Gasteiger partial charge is 0.324 e. The minimum Gasteiger partial charge on any atom is -0.324 e. The molecule has 0 saturated carbocycles. The highest BCUT2D eigenvalue weighted by Crippen LogP contribution is 2.30. The maximum Gasteiger partial charge on any atom is 0.244 e. The Morgan fingerprint density at radius 3 is 2.50 bits per heavy atom. The Hall–Kier alpha value is -2.86. The first kappa shape index (κ1) is 21.8. The van der Waals surface area contributed by atoms with Gasteiger partial charge in [-0.2, -0.15) is 0 Å². The van der Waals surface area contributed by atoms with Crippen molar-refractivity contribution in [1.29, 1.82) is 0 Å². The van der Waals surface area contributed by atoms with Gasteiger partial charge in [0.05, 0.1) is 10.8 Å². The lowest BCUT2D eigenvalue weighted by Crippen LogP contribution is -2.34. The van der Waals surface area contributed by atoms with E-state index in [0.29, 0.717) is 10.6 Å². The number of hydrogen-bond donors (Lipinski definition) is 1. The zero-order valence-corrected chi connectivity index (χ0v) is 18.5. The monoisotopic (exact) mass is 422 g/mol. The van der Waals surface area contributed by atoms with E-state index in [1.165, 1.54) is 22.7 Å². The van der Waals surface area contributed by atoms with Gasteiger partial charge < -0.3 is 5.32 Å². The Morgan fingerprint density at radius 1 is 1.10 bits per heavy atom. The molecule has 0 spiro atoms. The maximum absolute atomic E-state index is 12.8. The third kappa shape index (κ3) is 4.82. The molecular weight excluding hydrogens is 396 g/mol. The first-order chi connectivity index (χ1) is 14.3. The summed E-state index contributed by atoms with van der Waals surface area (Å²) in [6, 6.07) is 13.2. The number of para-hydroxylation sites is 1. The highest BCUT2D eigenvalue weighted by Gasteiger charge is 2.29. The van der Waals surface area contributed by atoms with Gasteiger partial charge in [0.2, 0.25) is 11.8 Å². The molecule has 156 valence electrons. The summed E-state index contributed by atoms with van der Waals surface area (Å²) in [5.41, 5.74) is 4.28. The molecule has 0 bridgehead atoms. The van der Waals surface area contributed by atoms with Crippen LogP contribution in [0.25, 0.3) is 0 Å². The Labute approximate surface area is 181 Å². The summed E-state index contributed by atoms with van der Waals surface area (Å²) in [7, 11) is 0. The van der Waals surface area contributed by atoms with Crippen molar-refractivity contribution in [2.75, 3.05) is 17.6 Å². The fourth-order valence-electron chi connectivity index (χ4n) is 3.40. The average Bonchev–Trinajstić information content (AvgIpc) is 3.03. The van der Waals surface area contributed by atoms with E-state index in [1.54, 1.807) is 6.07 Å². The lowest BCUT2D eigenvalue weighted by Gasteiger charge is -2.20. The molecule has 2 amide bonds. The van der Waals surface area contributed by atoms with Gasteiger partial charge in [0, 0.05) is 17.3 Å². The third-order valence-electron chi connectivity index (χ3n) is 5.07. The van der Waals surface area contributed by atoms with Crippen LogP contribution in [0.5, 0.6) is 0 Å². The molecule has 1 aliphatic rings. The van der Waals surface area contributed by atoms with Crippen LogP contribution in [0.3, 0.4) is 0 Å². The van der Waals surface area contributed by atoms with E-state index in [0.717, 1.165) is 22.4 Å². The molecule has 1 aliphatic heterocycles. The number of nitrogens with one attached hydrogen (secondary N) is 1. The molecule has 2 aromatic carbocycles. The van der Waals surface area contributed by atoms with Gasteiger partial charge in [0.1, 0.15) is 6.54 Å². The van der Waals surface area contributed by atoms with E-state index in [-0.39, 0.29) is 35.8 Å². The second-order valence-corrected chi connectivity index (χ2v) is 8.67. The van der Waals surface area contributed by atoms with E-state index in [1.807, 2.05) is 50.2 Å². The first-order valence-electron chi connectivity index (χ1n) is 9.92. The number of benzene rings is 2. The van der Waals surface area contributed by atoms with Crippen LogP contribution in [-0.2, 0) is 9.59 Å². The molecule has 6 heteroatoms. The average molecular weight is 423 g/mol. The quantitative estimate of drug-likeness (QED) is 0.543. The number of hydrogen-bond acceptors (Lipinski definition) is 4. The summed E-state index contributed by atoms with van der Waals surface area (Å²) in [6.07, 6.45) is 1.46. The van der Waals surface area contributed by atoms with Crippen LogP contribution in [0.15, 0.2) is 53.6 Å². The maximum atomic E-state index is 12.8. The summed E-state index contributed by atoms with van der Waals surface area (Å²) in [6.45, 7) is 7.85. The third-order valence-corrected chi connectivity index (χ3v) is 6.09. The molecule has 1 heterocycles. The van der Waals surface area contributed by atoms with Gasteiger partial charge in [0.25, 0.3) is 0 Å². The van der Waals surface area contributed by atoms with Gasteiger partial charge in [0.15, 0.2) is 5.78 Å². The molecular formula is C24H26N2O3S. The van der Waals surface area contributed by atoms with Crippen LogP contribution in [0, 0.1) is 13.8 Å². The van der Waals surface area contributed by atoms with Crippen molar-refractivity contribution in [2.45, 2.75) is 33.6 Å². The number of ketones is 1. The number of anilines is 1. The Kier molecular flexibility index (Phi) is 6.77. The fraction of sp³-hybridized carbons (Fsp3) is 0.292. The van der Waals surface area contributed by atoms with Crippen molar-refractivity contribution >= 4 is 35.0 Å². The molecule has 1 saturated heterocycles. The van der Waals surface area contributed by atoms with Gasteiger partial charge >= 0.3 is 0 Å². The summed E-state index contributed by atoms with van der Waals surface area (Å²) in [4.78, 5) is 39.2. The van der Waals surface area contributed by atoms with Crippen LogP contribution >= 0.6 is 11.8 Å². The molecule has 5 nitrogen and oxygen atoms in total. The van der Waals surface area contributed by atoms with E-state index >= 15 is 0 Å². The van der Waals surface area contributed by atoms with Crippen LogP contribution < -0.4 is 5.32 Å². The molecule has 1 N–H and O–H groups in total. The lowest BCUT2D eigenvalue weighted by molar-refractivity contribution is -0.129. The number of carbonyl (C=O) groups excluding carboxylic acids is 3. The zero-order chi connectivity index (χ0) is 21.8. The van der Waals surface area contributed by atoms with Crippen molar-refractivity contribution < 1.29 is 14.4 Å². The van der Waals surface area contributed by atoms with Crippen LogP contribution in [-0.4, -0.2) is 34.8 Å². The minimum atomic E-state index is -0.281. The number of nitrogens with zero attached hydrogens (tertiary/aromatic N) is 1. The highest BCUT2D eigenvalue weighted by atomic mass is 32.2. The van der Waals surface area contributed by atoms with Crippen molar-refractivity contribution in [2.24, 2.45) is 0 Å². The summed E-state index contributed by atoms with van der Waals surface area (Å²) in [5, 5.41) is 3.48. The molecule has 0 aliphatic carbocycles. The van der Waals surface area contributed by atoms with Crippen molar-refractivity contribution in [3.8, 4) is 0 Å². The number of rotatable bonds is 6. The standard InChI is InChI=1S/C24H26N2O3S/c1-15(2)18-11-7-9-17(4)24(18)25-21(28)13-26-22(29)14-30-23(26)12-20(27)19-10-6-5-8-16(19)3/h5-12,15H,13-14H2,1-4H3,(H,25,28)/b23-12-. The topological polar surface area (TPSA) is 66.5 Å². The van der Waals surface area contributed by atoms with Gasteiger partial charge in [-0.25, -0.2) is 0 Å². The second-order valence-electron chi connectivity index (χ2n) is 7.67. The predicted octanol–water partition coefficient (Wildman–Crippen LogP) is 4.67. The molecule has 0 atom stereocenters. The van der Waals surface area contributed by atoms with E-state index in [2.05, 4.69) is 19.2 Å². The molecule has 1 fully saturated rings. The van der Waals surface area contributed by atoms with E-state index in [4.69, 9.17) is 0 Å². The molecule has 30 heavy (non-hydrogen) atoms. The molecule has 0 aromatic heterocycles. The number of thioether (sulfide) groups is 1. The van der Waals surface area contributed by atoms with E-state index < -0.39 is 0 Å². The number of carbonyl (C=O) groups is 3. The molecule has 0 unspecified atom stereocenters. The minimum absolute atomic E-state index is 0.120. The lowest BCUT2D eigenvalue weighted by atomic mass is 9.98. The van der Waals surface area contributed by atoms with Gasteiger partial charge in [-0.3, -0.25) is 19.3 Å². The first-order valence-corrected chi connectivity index (χ1v) is 10.9. The predicted molar refractivity (Wildman–Crippen MR) is 122 cm³/mol. The van der Waals surface area contributed by atoms with Gasteiger partial charge in [-0.1, -0.05) is 68.1 Å². The van der Waals surface area contributed by atoms with Crippen molar-refractivity contribution in [1.82, 2.24) is 4.90 Å². The molecule has 2 aromatic rings. The van der Waals surface area contributed by atoms with Crippen molar-refractivity contribution in [3.63, 3.8) is 0 Å². The Bertz CT molecular complexity index is 1030. The summed E-state index contributed by atoms with van der Waals surface area (Å²) < 4.78 is 0. The Morgan fingerprint density at radius 2 is 1.80 bits per heavy atom. The number of allylic oxidation sites excluding steroid dienone is 1. The Balaban J connectivity index is 1.78.